The Kier molecular flexibility index (Phi) is 4.96. The van der Waals surface area contributed by atoms with Crippen LogP contribution in [0.15, 0.2) is 0 Å². The molecule has 0 unspecified atom stereocenters. The molecule has 2 atom stereocenters. The first-order valence-electron chi connectivity index (χ1n) is 7.26. The Bertz CT molecular complexity index is 244. The van der Waals surface area contributed by atoms with Crippen molar-refractivity contribution in [1.82, 2.24) is 5.32 Å². The summed E-state index contributed by atoms with van der Waals surface area (Å²) in [6.45, 7) is 4.81. The number of hydrogen-bond donors (Lipinski definition) is 1. The summed E-state index contributed by atoms with van der Waals surface area (Å²) in [4.78, 5) is 0. The van der Waals surface area contributed by atoms with E-state index in [9.17, 15) is 8.78 Å². The first-order valence-corrected chi connectivity index (χ1v) is 7.26. The number of ether oxygens (including phenoxy) is 1. The van der Waals surface area contributed by atoms with E-state index in [-0.39, 0.29) is 12.8 Å². The first-order chi connectivity index (χ1) is 8.57. The highest BCUT2D eigenvalue weighted by molar-refractivity contribution is 4.81. The second-order valence-corrected chi connectivity index (χ2v) is 5.97. The first kappa shape index (κ1) is 14.2. The molecule has 2 fully saturated rings. The summed E-state index contributed by atoms with van der Waals surface area (Å²) in [5.74, 6) is -1.39. The zero-order valence-electron chi connectivity index (χ0n) is 11.3. The fraction of sp³-hybridized carbons (Fsp3) is 1.00. The van der Waals surface area contributed by atoms with E-state index in [0.29, 0.717) is 30.7 Å². The molecular formula is C14H25F2NO. The minimum Gasteiger partial charge on any atom is -0.381 e. The van der Waals surface area contributed by atoms with Gasteiger partial charge in [-0.1, -0.05) is 0 Å². The quantitative estimate of drug-likeness (QED) is 0.839. The number of rotatable bonds is 4. The van der Waals surface area contributed by atoms with Crippen molar-refractivity contribution in [2.45, 2.75) is 57.4 Å². The maximum atomic E-state index is 13.0. The fourth-order valence-corrected chi connectivity index (χ4v) is 2.98. The van der Waals surface area contributed by atoms with Crippen LogP contribution in [0.4, 0.5) is 8.78 Å². The lowest BCUT2D eigenvalue weighted by Crippen LogP contribution is -2.41. The molecule has 0 radical (unpaired) electrons. The third-order valence-electron chi connectivity index (χ3n) is 4.47. The summed E-state index contributed by atoms with van der Waals surface area (Å²) in [6.07, 6.45) is 3.82. The molecule has 1 saturated carbocycles. The van der Waals surface area contributed by atoms with Crippen LogP contribution in [0.3, 0.4) is 0 Å². The molecule has 2 nitrogen and oxygen atoms in total. The summed E-state index contributed by atoms with van der Waals surface area (Å²) >= 11 is 0. The van der Waals surface area contributed by atoms with Gasteiger partial charge in [0.2, 0.25) is 5.92 Å². The van der Waals surface area contributed by atoms with Crippen molar-refractivity contribution in [2.24, 2.45) is 11.8 Å². The molecule has 0 aromatic carbocycles. The fourth-order valence-electron chi connectivity index (χ4n) is 2.98. The minimum atomic E-state index is -2.40. The topological polar surface area (TPSA) is 21.3 Å². The van der Waals surface area contributed by atoms with Crippen molar-refractivity contribution in [3.8, 4) is 0 Å². The molecule has 0 spiro atoms. The van der Waals surface area contributed by atoms with Gasteiger partial charge in [-0.25, -0.2) is 8.78 Å². The molecule has 1 heterocycles. The molecule has 0 amide bonds. The molecule has 0 bridgehead atoms. The van der Waals surface area contributed by atoms with Gasteiger partial charge in [0.25, 0.3) is 0 Å². The standard InChI is InChI=1S/C14H25F2NO/c1-11(13-3-2-8-18-10-13)17-9-12-4-6-14(15,16)7-5-12/h11-13,17H,2-10H2,1H3/t11-,13+/m1/s1. The monoisotopic (exact) mass is 261 g/mol. The number of halogens is 2. The third kappa shape index (κ3) is 4.16. The van der Waals surface area contributed by atoms with Gasteiger partial charge in [-0.05, 0) is 51.0 Å². The summed E-state index contributed by atoms with van der Waals surface area (Å²) in [5, 5.41) is 3.52. The molecule has 4 heteroatoms. The van der Waals surface area contributed by atoms with Gasteiger partial charge >= 0.3 is 0 Å². The van der Waals surface area contributed by atoms with Crippen molar-refractivity contribution < 1.29 is 13.5 Å². The number of hydrogen-bond acceptors (Lipinski definition) is 2. The lowest BCUT2D eigenvalue weighted by Gasteiger charge is -2.32. The van der Waals surface area contributed by atoms with E-state index in [2.05, 4.69) is 12.2 Å². The maximum absolute atomic E-state index is 13.0. The average Bonchev–Trinajstić information content (AvgIpc) is 2.38. The van der Waals surface area contributed by atoms with Gasteiger partial charge in [0, 0.05) is 25.5 Å². The summed E-state index contributed by atoms with van der Waals surface area (Å²) in [5.41, 5.74) is 0. The second-order valence-electron chi connectivity index (χ2n) is 5.97. The predicted molar refractivity (Wildman–Crippen MR) is 67.9 cm³/mol. The Balaban J connectivity index is 1.65. The van der Waals surface area contributed by atoms with Crippen LogP contribution in [0.2, 0.25) is 0 Å². The lowest BCUT2D eigenvalue weighted by molar-refractivity contribution is -0.0460. The highest BCUT2D eigenvalue weighted by Gasteiger charge is 2.34. The van der Waals surface area contributed by atoms with Crippen LogP contribution in [0.5, 0.6) is 0 Å². The molecule has 0 aromatic heterocycles. The molecule has 1 saturated heterocycles. The average molecular weight is 261 g/mol. The summed E-state index contributed by atoms with van der Waals surface area (Å²) in [7, 11) is 0. The molecular weight excluding hydrogens is 236 g/mol. The number of alkyl halides is 2. The Labute approximate surface area is 108 Å². The molecule has 0 aromatic rings. The molecule has 106 valence electrons. The van der Waals surface area contributed by atoms with Crippen LogP contribution in [-0.2, 0) is 4.74 Å². The van der Waals surface area contributed by atoms with Crippen LogP contribution < -0.4 is 5.32 Å². The lowest BCUT2D eigenvalue weighted by atomic mass is 9.86. The highest BCUT2D eigenvalue weighted by Crippen LogP contribution is 2.35. The molecule has 1 aliphatic heterocycles. The number of nitrogens with one attached hydrogen (secondary N) is 1. The maximum Gasteiger partial charge on any atom is 0.248 e. The molecule has 1 aliphatic carbocycles. The smallest absolute Gasteiger partial charge is 0.248 e. The largest absolute Gasteiger partial charge is 0.381 e. The Morgan fingerprint density at radius 3 is 2.61 bits per heavy atom. The van der Waals surface area contributed by atoms with E-state index >= 15 is 0 Å². The van der Waals surface area contributed by atoms with E-state index in [1.54, 1.807) is 0 Å². The highest BCUT2D eigenvalue weighted by atomic mass is 19.3. The second kappa shape index (κ2) is 6.29. The molecule has 1 N–H and O–H groups in total. The molecule has 18 heavy (non-hydrogen) atoms. The Hall–Kier alpha value is -0.220. The zero-order chi connectivity index (χ0) is 13.0. The summed E-state index contributed by atoms with van der Waals surface area (Å²) in [6, 6.07) is 0.438. The van der Waals surface area contributed by atoms with Gasteiger partial charge in [0.1, 0.15) is 0 Å². The van der Waals surface area contributed by atoms with Crippen LogP contribution in [0.1, 0.15) is 45.4 Å². The minimum absolute atomic E-state index is 0.0697. The van der Waals surface area contributed by atoms with E-state index in [1.807, 2.05) is 0 Å². The van der Waals surface area contributed by atoms with Crippen molar-refractivity contribution in [3.63, 3.8) is 0 Å². The van der Waals surface area contributed by atoms with Crippen molar-refractivity contribution in [2.75, 3.05) is 19.8 Å². The summed E-state index contributed by atoms with van der Waals surface area (Å²) < 4.78 is 31.5. The van der Waals surface area contributed by atoms with E-state index in [1.165, 1.54) is 6.42 Å². The van der Waals surface area contributed by atoms with Gasteiger partial charge in [-0.3, -0.25) is 0 Å². The van der Waals surface area contributed by atoms with Crippen LogP contribution in [-0.4, -0.2) is 31.7 Å². The van der Waals surface area contributed by atoms with Gasteiger partial charge in [0.15, 0.2) is 0 Å². The van der Waals surface area contributed by atoms with Gasteiger partial charge in [-0.2, -0.15) is 0 Å². The molecule has 2 aliphatic rings. The van der Waals surface area contributed by atoms with Gasteiger partial charge in [0.05, 0.1) is 6.61 Å². The van der Waals surface area contributed by atoms with E-state index in [4.69, 9.17) is 4.74 Å². The van der Waals surface area contributed by atoms with Crippen molar-refractivity contribution >= 4 is 0 Å². The van der Waals surface area contributed by atoms with Crippen LogP contribution >= 0.6 is 0 Å². The normalized spacial score (nSPS) is 31.2. The van der Waals surface area contributed by atoms with Crippen LogP contribution in [0, 0.1) is 11.8 Å². The van der Waals surface area contributed by atoms with E-state index in [0.717, 1.165) is 26.2 Å². The Morgan fingerprint density at radius 1 is 1.28 bits per heavy atom. The van der Waals surface area contributed by atoms with Crippen molar-refractivity contribution in [1.29, 1.82) is 0 Å². The van der Waals surface area contributed by atoms with E-state index < -0.39 is 5.92 Å². The SMILES string of the molecule is C[C@@H](NCC1CCC(F)(F)CC1)[C@H]1CCCOC1. The third-order valence-corrected chi connectivity index (χ3v) is 4.47. The van der Waals surface area contributed by atoms with Crippen molar-refractivity contribution in [3.05, 3.63) is 0 Å². The van der Waals surface area contributed by atoms with Crippen LogP contribution in [0.25, 0.3) is 0 Å². The predicted octanol–water partition coefficient (Wildman–Crippen LogP) is 3.22. The van der Waals surface area contributed by atoms with Gasteiger partial charge in [-0.15, -0.1) is 0 Å². The Morgan fingerprint density at radius 2 is 2.00 bits per heavy atom. The van der Waals surface area contributed by atoms with Gasteiger partial charge < -0.3 is 10.1 Å². The molecule has 2 rings (SSSR count). The zero-order valence-corrected chi connectivity index (χ0v) is 11.3.